The molecule has 2 aromatic rings. The Hall–Kier alpha value is -2.36. The third-order valence-electron chi connectivity index (χ3n) is 2.84. The number of phenols is 1. The highest BCUT2D eigenvalue weighted by molar-refractivity contribution is 5.96. The van der Waals surface area contributed by atoms with Gasteiger partial charge in [0.1, 0.15) is 11.6 Å². The van der Waals surface area contributed by atoms with E-state index in [-0.39, 0.29) is 23.2 Å². The molecule has 2 aromatic carbocycles. The number of para-hydroxylation sites is 1. The summed E-state index contributed by atoms with van der Waals surface area (Å²) in [7, 11) is 0. The summed E-state index contributed by atoms with van der Waals surface area (Å²) in [6.45, 7) is 1.76. The van der Waals surface area contributed by atoms with Crippen LogP contribution in [0.1, 0.15) is 28.9 Å². The lowest BCUT2D eigenvalue weighted by atomic mass is 10.1. The summed E-state index contributed by atoms with van der Waals surface area (Å²) < 4.78 is 13.1. The Bertz CT molecular complexity index is 598. The molecule has 19 heavy (non-hydrogen) atoms. The van der Waals surface area contributed by atoms with E-state index in [0.29, 0.717) is 5.56 Å². The predicted octanol–water partition coefficient (Wildman–Crippen LogP) is 3.02. The van der Waals surface area contributed by atoms with E-state index in [1.807, 2.05) is 0 Å². The molecule has 0 aliphatic carbocycles. The number of carbonyl (C=O) groups is 1. The first kappa shape index (κ1) is 13.1. The SMILES string of the molecule is CC(NC(=O)c1ccccc1O)c1cccc(F)c1. The summed E-state index contributed by atoms with van der Waals surface area (Å²) >= 11 is 0. The second-order valence-corrected chi connectivity index (χ2v) is 4.27. The maximum Gasteiger partial charge on any atom is 0.255 e. The quantitative estimate of drug-likeness (QED) is 0.890. The number of phenolic OH excluding ortho intramolecular Hbond substituents is 1. The van der Waals surface area contributed by atoms with Crippen LogP contribution in [0.15, 0.2) is 48.5 Å². The fourth-order valence-corrected chi connectivity index (χ4v) is 1.80. The zero-order valence-electron chi connectivity index (χ0n) is 10.4. The molecule has 0 heterocycles. The molecule has 4 heteroatoms. The van der Waals surface area contributed by atoms with Crippen LogP contribution in [-0.2, 0) is 0 Å². The molecule has 1 amide bonds. The third-order valence-corrected chi connectivity index (χ3v) is 2.84. The Morgan fingerprint density at radius 3 is 2.63 bits per heavy atom. The number of rotatable bonds is 3. The first-order valence-electron chi connectivity index (χ1n) is 5.92. The van der Waals surface area contributed by atoms with E-state index in [1.54, 1.807) is 31.2 Å². The second kappa shape index (κ2) is 5.52. The number of halogens is 1. The summed E-state index contributed by atoms with van der Waals surface area (Å²) in [4.78, 5) is 12.0. The first-order valence-corrected chi connectivity index (χ1v) is 5.92. The largest absolute Gasteiger partial charge is 0.507 e. The van der Waals surface area contributed by atoms with Crippen molar-refractivity contribution in [2.24, 2.45) is 0 Å². The van der Waals surface area contributed by atoms with E-state index in [1.165, 1.54) is 24.3 Å². The molecule has 1 unspecified atom stereocenters. The van der Waals surface area contributed by atoms with Gasteiger partial charge in [-0.15, -0.1) is 0 Å². The summed E-state index contributed by atoms with van der Waals surface area (Å²) in [6, 6.07) is 12.0. The van der Waals surface area contributed by atoms with Crippen LogP contribution in [0, 0.1) is 5.82 Å². The van der Waals surface area contributed by atoms with Gasteiger partial charge in [-0.2, -0.15) is 0 Å². The zero-order valence-corrected chi connectivity index (χ0v) is 10.4. The van der Waals surface area contributed by atoms with Crippen molar-refractivity contribution in [2.45, 2.75) is 13.0 Å². The molecule has 0 saturated carbocycles. The number of aromatic hydroxyl groups is 1. The molecule has 2 N–H and O–H groups in total. The van der Waals surface area contributed by atoms with Gasteiger partial charge in [0.15, 0.2) is 0 Å². The number of benzene rings is 2. The average molecular weight is 259 g/mol. The fraction of sp³-hybridized carbons (Fsp3) is 0.133. The van der Waals surface area contributed by atoms with Gasteiger partial charge >= 0.3 is 0 Å². The molecule has 0 bridgehead atoms. The highest BCUT2D eigenvalue weighted by Crippen LogP contribution is 2.18. The third kappa shape index (κ3) is 3.10. The molecular weight excluding hydrogens is 245 g/mol. The smallest absolute Gasteiger partial charge is 0.255 e. The minimum Gasteiger partial charge on any atom is -0.507 e. The fourth-order valence-electron chi connectivity index (χ4n) is 1.80. The summed E-state index contributed by atoms with van der Waals surface area (Å²) in [6.07, 6.45) is 0. The van der Waals surface area contributed by atoms with Crippen LogP contribution in [0.5, 0.6) is 5.75 Å². The van der Waals surface area contributed by atoms with Gasteiger partial charge in [0, 0.05) is 0 Å². The van der Waals surface area contributed by atoms with E-state index in [0.717, 1.165) is 0 Å². The minimum absolute atomic E-state index is 0.0774. The van der Waals surface area contributed by atoms with Crippen LogP contribution in [-0.4, -0.2) is 11.0 Å². The monoisotopic (exact) mass is 259 g/mol. The second-order valence-electron chi connectivity index (χ2n) is 4.27. The van der Waals surface area contributed by atoms with Gasteiger partial charge in [0.05, 0.1) is 11.6 Å². The summed E-state index contributed by atoms with van der Waals surface area (Å²) in [5.41, 5.74) is 0.870. The van der Waals surface area contributed by atoms with Crippen LogP contribution in [0.4, 0.5) is 4.39 Å². The molecule has 0 spiro atoms. The molecule has 0 fully saturated rings. The zero-order chi connectivity index (χ0) is 13.8. The average Bonchev–Trinajstić information content (AvgIpc) is 2.39. The van der Waals surface area contributed by atoms with Crippen LogP contribution in [0.3, 0.4) is 0 Å². The molecule has 98 valence electrons. The number of amides is 1. The van der Waals surface area contributed by atoms with Crippen molar-refractivity contribution in [3.05, 3.63) is 65.5 Å². The van der Waals surface area contributed by atoms with Gasteiger partial charge in [0.25, 0.3) is 5.91 Å². The van der Waals surface area contributed by atoms with Crippen molar-refractivity contribution in [3.63, 3.8) is 0 Å². The Kier molecular flexibility index (Phi) is 3.80. The Balaban J connectivity index is 2.13. The van der Waals surface area contributed by atoms with E-state index >= 15 is 0 Å². The molecule has 0 aliphatic rings. The van der Waals surface area contributed by atoms with Crippen molar-refractivity contribution in [2.75, 3.05) is 0 Å². The molecule has 0 aliphatic heterocycles. The number of carbonyl (C=O) groups excluding carboxylic acids is 1. The van der Waals surface area contributed by atoms with Crippen molar-refractivity contribution >= 4 is 5.91 Å². The Labute approximate surface area is 110 Å². The van der Waals surface area contributed by atoms with Gasteiger partial charge in [0.2, 0.25) is 0 Å². The lowest BCUT2D eigenvalue weighted by molar-refractivity contribution is 0.0937. The molecule has 1 atom stereocenters. The van der Waals surface area contributed by atoms with E-state index in [2.05, 4.69) is 5.32 Å². The number of hydrogen-bond acceptors (Lipinski definition) is 2. The maximum absolute atomic E-state index is 13.1. The van der Waals surface area contributed by atoms with Gasteiger partial charge in [-0.25, -0.2) is 4.39 Å². The van der Waals surface area contributed by atoms with Gasteiger partial charge in [-0.1, -0.05) is 24.3 Å². The highest BCUT2D eigenvalue weighted by atomic mass is 19.1. The number of nitrogens with one attached hydrogen (secondary N) is 1. The molecule has 2 rings (SSSR count). The molecule has 0 aromatic heterocycles. The predicted molar refractivity (Wildman–Crippen MR) is 70.4 cm³/mol. The minimum atomic E-state index is -0.394. The molecule has 0 saturated heterocycles. The standard InChI is InChI=1S/C15H14FNO2/c1-10(11-5-4-6-12(16)9-11)17-15(19)13-7-2-3-8-14(13)18/h2-10,18H,1H3,(H,17,19). The molecule has 3 nitrogen and oxygen atoms in total. The van der Waals surface area contributed by atoms with E-state index < -0.39 is 5.91 Å². The summed E-state index contributed by atoms with van der Waals surface area (Å²) in [5.74, 6) is -0.817. The van der Waals surface area contributed by atoms with E-state index in [9.17, 15) is 14.3 Å². The van der Waals surface area contributed by atoms with Crippen molar-refractivity contribution in [1.82, 2.24) is 5.32 Å². The van der Waals surface area contributed by atoms with Gasteiger partial charge in [-0.3, -0.25) is 4.79 Å². The van der Waals surface area contributed by atoms with Crippen LogP contribution >= 0.6 is 0 Å². The van der Waals surface area contributed by atoms with Crippen molar-refractivity contribution in [3.8, 4) is 5.75 Å². The highest BCUT2D eigenvalue weighted by Gasteiger charge is 2.14. The van der Waals surface area contributed by atoms with Crippen LogP contribution < -0.4 is 5.32 Å². The van der Waals surface area contributed by atoms with Gasteiger partial charge in [-0.05, 0) is 36.8 Å². The topological polar surface area (TPSA) is 49.3 Å². The molecular formula is C15H14FNO2. The van der Waals surface area contributed by atoms with Crippen molar-refractivity contribution < 1.29 is 14.3 Å². The first-order chi connectivity index (χ1) is 9.08. The van der Waals surface area contributed by atoms with Crippen LogP contribution in [0.25, 0.3) is 0 Å². The van der Waals surface area contributed by atoms with Crippen LogP contribution in [0.2, 0.25) is 0 Å². The summed E-state index contributed by atoms with van der Waals surface area (Å²) in [5, 5.41) is 12.3. The maximum atomic E-state index is 13.1. The Morgan fingerprint density at radius 2 is 1.95 bits per heavy atom. The lowest BCUT2D eigenvalue weighted by Gasteiger charge is -2.15. The van der Waals surface area contributed by atoms with Gasteiger partial charge < -0.3 is 10.4 Å². The normalized spacial score (nSPS) is 11.9. The van der Waals surface area contributed by atoms with Crippen molar-refractivity contribution in [1.29, 1.82) is 0 Å². The Morgan fingerprint density at radius 1 is 1.21 bits per heavy atom. The van der Waals surface area contributed by atoms with E-state index in [4.69, 9.17) is 0 Å². The molecule has 0 radical (unpaired) electrons. The lowest BCUT2D eigenvalue weighted by Crippen LogP contribution is -2.26. The number of hydrogen-bond donors (Lipinski definition) is 2.